The lowest BCUT2D eigenvalue weighted by atomic mass is 10.4. The summed E-state index contributed by atoms with van der Waals surface area (Å²) < 4.78 is 3.56. The van der Waals surface area contributed by atoms with Crippen molar-refractivity contribution in [3.63, 3.8) is 0 Å². The van der Waals surface area contributed by atoms with Crippen molar-refractivity contribution in [1.29, 1.82) is 0 Å². The molecule has 0 fully saturated rings. The average molecular weight is 257 g/mol. The molecule has 0 radical (unpaired) electrons. The summed E-state index contributed by atoms with van der Waals surface area (Å²) >= 11 is 0. The largest absolute Gasteiger partial charge is 0.383 e. The molecule has 0 bridgehead atoms. The fourth-order valence-electron chi connectivity index (χ4n) is 2.13. The van der Waals surface area contributed by atoms with Gasteiger partial charge < -0.3 is 5.73 Å². The molecule has 3 aromatic heterocycles. The highest BCUT2D eigenvalue weighted by Crippen LogP contribution is 2.17. The minimum atomic E-state index is 0.453. The summed E-state index contributed by atoms with van der Waals surface area (Å²) in [5.41, 5.74) is 8.73. The van der Waals surface area contributed by atoms with Crippen molar-refractivity contribution in [3.05, 3.63) is 29.5 Å². The van der Waals surface area contributed by atoms with Gasteiger partial charge in [-0.3, -0.25) is 9.36 Å². The lowest BCUT2D eigenvalue weighted by molar-refractivity contribution is 0.632. The van der Waals surface area contributed by atoms with Crippen molar-refractivity contribution < 1.29 is 0 Å². The Labute approximate surface area is 110 Å². The molecule has 0 aromatic carbocycles. The van der Waals surface area contributed by atoms with E-state index < -0.39 is 0 Å². The molecule has 0 amide bonds. The second kappa shape index (κ2) is 4.04. The van der Waals surface area contributed by atoms with Gasteiger partial charge in [-0.05, 0) is 19.9 Å². The molecule has 19 heavy (non-hydrogen) atoms. The fourth-order valence-corrected chi connectivity index (χ4v) is 2.13. The molecule has 0 saturated heterocycles. The minimum absolute atomic E-state index is 0.453. The first-order valence-corrected chi connectivity index (χ1v) is 6.00. The van der Waals surface area contributed by atoms with Crippen LogP contribution in [0.5, 0.6) is 0 Å². The topological polar surface area (TPSA) is 87.4 Å². The standard InChI is InChI=1S/C12H15N7/c1-7-4-8(2)19(17-7)6-10-15-11(13)9-5-14-18(3)12(9)16-10/h4-5H,6H2,1-3H3,(H2,13,15,16). The first-order valence-electron chi connectivity index (χ1n) is 6.00. The lowest BCUT2D eigenvalue weighted by Gasteiger charge is -2.05. The Kier molecular flexibility index (Phi) is 2.48. The molecule has 0 spiro atoms. The second-order valence-electron chi connectivity index (χ2n) is 4.62. The maximum Gasteiger partial charge on any atom is 0.163 e. The highest BCUT2D eigenvalue weighted by atomic mass is 15.3. The van der Waals surface area contributed by atoms with E-state index in [1.807, 2.05) is 31.6 Å². The van der Waals surface area contributed by atoms with Gasteiger partial charge in [-0.15, -0.1) is 0 Å². The summed E-state index contributed by atoms with van der Waals surface area (Å²) in [5, 5.41) is 9.31. The number of hydrogen-bond acceptors (Lipinski definition) is 5. The average Bonchev–Trinajstić information content (AvgIpc) is 2.84. The van der Waals surface area contributed by atoms with E-state index in [1.165, 1.54) is 0 Å². The number of rotatable bonds is 2. The summed E-state index contributed by atoms with van der Waals surface area (Å²) in [6, 6.07) is 2.02. The van der Waals surface area contributed by atoms with E-state index >= 15 is 0 Å². The van der Waals surface area contributed by atoms with Crippen LogP contribution < -0.4 is 5.73 Å². The van der Waals surface area contributed by atoms with Gasteiger partial charge in [-0.25, -0.2) is 9.97 Å². The third-order valence-corrected chi connectivity index (χ3v) is 3.06. The van der Waals surface area contributed by atoms with E-state index in [1.54, 1.807) is 10.9 Å². The van der Waals surface area contributed by atoms with Gasteiger partial charge in [0.2, 0.25) is 0 Å². The van der Waals surface area contributed by atoms with Crippen molar-refractivity contribution in [3.8, 4) is 0 Å². The summed E-state index contributed by atoms with van der Waals surface area (Å²) in [5.74, 6) is 1.09. The third kappa shape index (κ3) is 1.92. The van der Waals surface area contributed by atoms with E-state index in [2.05, 4.69) is 20.2 Å². The molecule has 0 aliphatic rings. The Morgan fingerprint density at radius 2 is 2.05 bits per heavy atom. The van der Waals surface area contributed by atoms with Crippen LogP contribution >= 0.6 is 0 Å². The predicted octanol–water partition coefficient (Wildman–Crippen LogP) is 0.807. The van der Waals surface area contributed by atoms with E-state index in [4.69, 9.17) is 5.73 Å². The van der Waals surface area contributed by atoms with Gasteiger partial charge in [-0.2, -0.15) is 10.2 Å². The molecule has 2 N–H and O–H groups in total. The molecule has 0 aliphatic carbocycles. The van der Waals surface area contributed by atoms with Gasteiger partial charge in [0.1, 0.15) is 12.4 Å². The number of aromatic nitrogens is 6. The molecule has 0 unspecified atom stereocenters. The number of nitrogens with zero attached hydrogens (tertiary/aromatic N) is 6. The highest BCUT2D eigenvalue weighted by molar-refractivity contribution is 5.84. The van der Waals surface area contributed by atoms with Crippen LogP contribution in [-0.2, 0) is 13.6 Å². The van der Waals surface area contributed by atoms with Crippen molar-refractivity contribution in [2.75, 3.05) is 5.73 Å². The lowest BCUT2D eigenvalue weighted by Crippen LogP contribution is -2.10. The fraction of sp³-hybridized carbons (Fsp3) is 0.333. The van der Waals surface area contributed by atoms with Gasteiger partial charge >= 0.3 is 0 Å². The molecule has 7 heteroatoms. The molecule has 3 aromatic rings. The van der Waals surface area contributed by atoms with Crippen molar-refractivity contribution >= 4 is 16.9 Å². The van der Waals surface area contributed by atoms with Crippen LogP contribution in [0.3, 0.4) is 0 Å². The summed E-state index contributed by atoms with van der Waals surface area (Å²) in [6.07, 6.45) is 1.68. The zero-order chi connectivity index (χ0) is 13.6. The SMILES string of the molecule is Cc1cc(C)n(Cc2nc(N)c3cnn(C)c3n2)n1. The molecule has 0 aliphatic heterocycles. The maximum atomic E-state index is 5.93. The van der Waals surface area contributed by atoms with Gasteiger partial charge in [-0.1, -0.05) is 0 Å². The van der Waals surface area contributed by atoms with E-state index in [9.17, 15) is 0 Å². The van der Waals surface area contributed by atoms with E-state index in [0.29, 0.717) is 18.2 Å². The second-order valence-corrected chi connectivity index (χ2v) is 4.62. The zero-order valence-electron chi connectivity index (χ0n) is 11.1. The number of aryl methyl sites for hydroxylation is 3. The van der Waals surface area contributed by atoms with Gasteiger partial charge in [0.25, 0.3) is 0 Å². The minimum Gasteiger partial charge on any atom is -0.383 e. The number of nitrogens with two attached hydrogens (primary N) is 1. The molecule has 0 saturated carbocycles. The van der Waals surface area contributed by atoms with Crippen LogP contribution in [0.2, 0.25) is 0 Å². The first-order chi connectivity index (χ1) is 9.04. The maximum absolute atomic E-state index is 5.93. The summed E-state index contributed by atoms with van der Waals surface area (Å²) in [4.78, 5) is 8.80. The zero-order valence-corrected chi connectivity index (χ0v) is 11.1. The van der Waals surface area contributed by atoms with E-state index in [0.717, 1.165) is 22.4 Å². The van der Waals surface area contributed by atoms with Gasteiger partial charge in [0, 0.05) is 12.7 Å². The van der Waals surface area contributed by atoms with Crippen molar-refractivity contribution in [2.24, 2.45) is 7.05 Å². The number of anilines is 1. The molecule has 98 valence electrons. The molecular weight excluding hydrogens is 242 g/mol. The van der Waals surface area contributed by atoms with Crippen LogP contribution in [0.1, 0.15) is 17.2 Å². The number of fused-ring (bicyclic) bond motifs is 1. The predicted molar refractivity (Wildman–Crippen MR) is 71.5 cm³/mol. The Bertz CT molecular complexity index is 753. The summed E-state index contributed by atoms with van der Waals surface area (Å²) in [7, 11) is 1.84. The van der Waals surface area contributed by atoms with Gasteiger partial charge in [0.05, 0.1) is 17.3 Å². The third-order valence-electron chi connectivity index (χ3n) is 3.06. The summed E-state index contributed by atoms with van der Waals surface area (Å²) in [6.45, 7) is 4.47. The molecule has 7 nitrogen and oxygen atoms in total. The van der Waals surface area contributed by atoms with Crippen molar-refractivity contribution in [2.45, 2.75) is 20.4 Å². The smallest absolute Gasteiger partial charge is 0.163 e. The first kappa shape index (κ1) is 11.6. The van der Waals surface area contributed by atoms with Crippen LogP contribution in [-0.4, -0.2) is 29.5 Å². The van der Waals surface area contributed by atoms with Crippen molar-refractivity contribution in [1.82, 2.24) is 29.5 Å². The Morgan fingerprint density at radius 3 is 2.74 bits per heavy atom. The van der Waals surface area contributed by atoms with Gasteiger partial charge in [0.15, 0.2) is 11.5 Å². The van der Waals surface area contributed by atoms with Crippen LogP contribution in [0.15, 0.2) is 12.3 Å². The Morgan fingerprint density at radius 1 is 1.26 bits per heavy atom. The Hall–Kier alpha value is -2.44. The normalized spacial score (nSPS) is 11.3. The molecule has 3 heterocycles. The van der Waals surface area contributed by atoms with Crippen LogP contribution in [0, 0.1) is 13.8 Å². The molecular formula is C12H15N7. The molecule has 3 rings (SSSR count). The Balaban J connectivity index is 2.06. The van der Waals surface area contributed by atoms with Crippen LogP contribution in [0.4, 0.5) is 5.82 Å². The monoisotopic (exact) mass is 257 g/mol. The number of nitrogen functional groups attached to an aromatic ring is 1. The highest BCUT2D eigenvalue weighted by Gasteiger charge is 2.10. The quantitative estimate of drug-likeness (QED) is 0.734. The van der Waals surface area contributed by atoms with Crippen LogP contribution in [0.25, 0.3) is 11.0 Å². The number of hydrogen-bond donors (Lipinski definition) is 1. The molecule has 0 atom stereocenters. The van der Waals surface area contributed by atoms with E-state index in [-0.39, 0.29) is 0 Å².